The van der Waals surface area contributed by atoms with Crippen LogP contribution in [0.5, 0.6) is 0 Å². The first-order chi connectivity index (χ1) is 2.45. The van der Waals surface area contributed by atoms with Crippen LogP contribution in [-0.4, -0.2) is 0 Å². The molecule has 0 radical (unpaired) electrons. The minimum Gasteiger partial charge on any atom is 0 e. The van der Waals surface area contributed by atoms with Gasteiger partial charge in [-0.2, -0.15) is 0 Å². The van der Waals surface area contributed by atoms with Gasteiger partial charge < -0.3 is 0 Å². The summed E-state index contributed by atoms with van der Waals surface area (Å²) in [5.74, 6) is 0. The molecule has 0 heterocycles. The Kier molecular flexibility index (Phi) is 2.16. The minimum atomic E-state index is -10.7. The third-order valence-corrected chi connectivity index (χ3v) is 0. The Labute approximate surface area is 61.1 Å². The van der Waals surface area contributed by atoms with Crippen LogP contribution in [-0.2, 0) is 26.2 Å². The summed E-state index contributed by atoms with van der Waals surface area (Å²) < 4.78 is 59.2. The van der Waals surface area contributed by atoms with E-state index < -0.39 is 7.81 Å². The van der Waals surface area contributed by atoms with Crippen LogP contribution >= 0.6 is 7.81 Å². The molecule has 0 spiro atoms. The summed E-state index contributed by atoms with van der Waals surface area (Å²) in [5.41, 5.74) is 0. The molecule has 0 nitrogen and oxygen atoms in total. The van der Waals surface area contributed by atoms with Crippen molar-refractivity contribution in [2.75, 3.05) is 0 Å². The first-order valence-corrected chi connectivity index (χ1v) is 3.04. The zero-order valence-electron chi connectivity index (χ0n) is 4.22. The van der Waals surface area contributed by atoms with Crippen molar-refractivity contribution in [2.24, 2.45) is 0 Å². The van der Waals surface area contributed by atoms with Gasteiger partial charge in [-0.3, -0.25) is 0 Å². The molecule has 0 atom stereocenters. The Hall–Kier alpha value is 0.893. The summed E-state index contributed by atoms with van der Waals surface area (Å²) in [6, 6.07) is 0. The number of rotatable bonds is 0. The van der Waals surface area contributed by atoms with Crippen molar-refractivity contribution in [3.8, 4) is 0 Å². The Balaban J connectivity index is -0.000000180. The molecule has 0 saturated carbocycles. The fourth-order valence-corrected chi connectivity index (χ4v) is 0. The maximum absolute atomic E-state index is 10.7. The van der Waals surface area contributed by atoms with Crippen LogP contribution in [0.4, 0.5) is 25.2 Å². The molecule has 0 aromatic rings. The van der Waals surface area contributed by atoms with Crippen LogP contribution in [0, 0.1) is 0 Å². The van der Waals surface area contributed by atoms with E-state index in [0.717, 1.165) is 0 Å². The summed E-state index contributed by atoms with van der Waals surface area (Å²) in [6.07, 6.45) is 0. The minimum absolute atomic E-state index is 0. The smallest absolute Gasteiger partial charge is 0 e. The predicted octanol–water partition coefficient (Wildman–Crippen LogP) is 3.49. The van der Waals surface area contributed by atoms with Crippen LogP contribution < -0.4 is 0 Å². The summed E-state index contributed by atoms with van der Waals surface area (Å²) >= 11 is 0. The number of hydrogen-bond donors (Lipinski definition) is 0. The molecule has 0 aromatic carbocycles. The quantitative estimate of drug-likeness (QED) is 0.447. The predicted molar refractivity (Wildman–Crippen MR) is 14.7 cm³/mol. The van der Waals surface area contributed by atoms with Gasteiger partial charge in [-0.05, 0) is 0 Å². The van der Waals surface area contributed by atoms with Crippen LogP contribution in [0.3, 0.4) is 0 Å². The average Bonchev–Trinajstić information content (AvgIpc) is 0.592. The van der Waals surface area contributed by atoms with E-state index >= 15 is 0 Å². The molecule has 0 amide bonds. The SMILES string of the molecule is F[P-](F)(F)(F)(F)F.[H+].[Zr]. The van der Waals surface area contributed by atoms with Gasteiger partial charge in [-0.15, -0.1) is 0 Å². The van der Waals surface area contributed by atoms with Crippen molar-refractivity contribution >= 4 is 7.81 Å². The number of hydrogen-bond acceptors (Lipinski definition) is 0. The van der Waals surface area contributed by atoms with Gasteiger partial charge in [-0.25, -0.2) is 0 Å². The summed E-state index contributed by atoms with van der Waals surface area (Å²) in [6.45, 7) is 0. The Morgan fingerprint density at radius 2 is 0.750 bits per heavy atom. The van der Waals surface area contributed by atoms with E-state index in [-0.39, 0.29) is 27.6 Å². The fraction of sp³-hybridized carbons (Fsp3) is 0. The van der Waals surface area contributed by atoms with Crippen LogP contribution in [0.15, 0.2) is 0 Å². The van der Waals surface area contributed by atoms with E-state index in [1.165, 1.54) is 0 Å². The Morgan fingerprint density at radius 1 is 0.750 bits per heavy atom. The standard InChI is InChI=1S/F6P.Zr/c1-7(2,3,4,5)6;/q-1;/p+1. The molecule has 0 aliphatic carbocycles. The zero-order valence-corrected chi connectivity index (χ0v) is 6.57. The van der Waals surface area contributed by atoms with E-state index in [1.54, 1.807) is 0 Å². The number of halogens is 6. The van der Waals surface area contributed by atoms with E-state index in [2.05, 4.69) is 0 Å². The molecule has 0 aliphatic rings. The molecule has 0 N–H and O–H groups in total. The van der Waals surface area contributed by atoms with E-state index in [9.17, 15) is 25.2 Å². The first kappa shape index (κ1) is 11.7. The van der Waals surface area contributed by atoms with Crippen LogP contribution in [0.2, 0.25) is 0 Å². The first-order valence-electron chi connectivity index (χ1n) is 1.01. The molecule has 52 valence electrons. The molecule has 0 aromatic heterocycles. The van der Waals surface area contributed by atoms with E-state index in [1.807, 2.05) is 0 Å². The van der Waals surface area contributed by atoms with Crippen molar-refractivity contribution < 1.29 is 52.8 Å². The van der Waals surface area contributed by atoms with Crippen LogP contribution in [0.25, 0.3) is 0 Å². The van der Waals surface area contributed by atoms with Crippen LogP contribution in [0.1, 0.15) is 1.43 Å². The summed E-state index contributed by atoms with van der Waals surface area (Å²) in [5, 5.41) is 0. The molecule has 8 heavy (non-hydrogen) atoms. The molecular weight excluding hydrogens is 236 g/mol. The maximum Gasteiger partial charge on any atom is 1.00 e. The summed E-state index contributed by atoms with van der Waals surface area (Å²) in [4.78, 5) is 0. The van der Waals surface area contributed by atoms with Gasteiger partial charge in [0.2, 0.25) is 0 Å². The molecule has 0 bridgehead atoms. The second kappa shape index (κ2) is 1.48. The van der Waals surface area contributed by atoms with Gasteiger partial charge >= 0.3 is 34.4 Å². The van der Waals surface area contributed by atoms with Gasteiger partial charge in [-0.1, -0.05) is 0 Å². The van der Waals surface area contributed by atoms with Crippen molar-refractivity contribution in [2.45, 2.75) is 0 Å². The van der Waals surface area contributed by atoms with Gasteiger partial charge in [0.05, 0.1) is 0 Å². The largest absolute Gasteiger partial charge is 1.00 e. The summed E-state index contributed by atoms with van der Waals surface area (Å²) in [7, 11) is -10.7. The molecule has 0 unspecified atom stereocenters. The van der Waals surface area contributed by atoms with Gasteiger partial charge in [0.25, 0.3) is 0 Å². The van der Waals surface area contributed by atoms with Crippen molar-refractivity contribution in [1.82, 2.24) is 0 Å². The van der Waals surface area contributed by atoms with Crippen molar-refractivity contribution in [3.05, 3.63) is 0 Å². The Bertz CT molecular complexity index is 71.6. The third kappa shape index (κ3) is 300. The second-order valence-corrected chi connectivity index (χ2v) is 2.87. The maximum atomic E-state index is 9.87. The van der Waals surface area contributed by atoms with E-state index in [0.29, 0.717) is 0 Å². The zero-order chi connectivity index (χ0) is 6.41. The second-order valence-electron chi connectivity index (χ2n) is 0.958. The Morgan fingerprint density at radius 3 is 0.750 bits per heavy atom. The fourth-order valence-electron chi connectivity index (χ4n) is 0. The van der Waals surface area contributed by atoms with Crippen molar-refractivity contribution in [1.29, 1.82) is 0 Å². The molecular formula is HF6PZr. The van der Waals surface area contributed by atoms with Gasteiger partial charge in [0.15, 0.2) is 0 Å². The van der Waals surface area contributed by atoms with E-state index in [4.69, 9.17) is 0 Å². The topological polar surface area (TPSA) is 0 Å². The van der Waals surface area contributed by atoms with Gasteiger partial charge in [0, 0.05) is 26.2 Å². The third-order valence-electron chi connectivity index (χ3n) is 0. The normalized spacial score (nSPS) is 20.2. The monoisotopic (exact) mass is 236 g/mol. The van der Waals surface area contributed by atoms with Gasteiger partial charge in [0.1, 0.15) is 0 Å². The molecule has 0 saturated heterocycles. The molecule has 0 rings (SSSR count). The molecule has 0 aliphatic heterocycles. The average molecular weight is 237 g/mol. The van der Waals surface area contributed by atoms with Crippen molar-refractivity contribution in [3.63, 3.8) is 0 Å². The molecule has 8 heteroatoms. The molecule has 0 fully saturated rings.